The van der Waals surface area contributed by atoms with E-state index in [1.807, 2.05) is 0 Å². The lowest BCUT2D eigenvalue weighted by Gasteiger charge is -2.13. The first-order valence-electron chi connectivity index (χ1n) is 6.26. The zero-order chi connectivity index (χ0) is 10.3. The maximum atomic E-state index is 3.59. The Hall–Kier alpha value is -0.530. The molecule has 0 aliphatic heterocycles. The molecule has 0 saturated carbocycles. The van der Waals surface area contributed by atoms with Crippen LogP contribution in [0, 0.1) is 0 Å². The number of benzene rings is 1. The summed E-state index contributed by atoms with van der Waals surface area (Å²) in [6, 6.07) is 5.60. The summed E-state index contributed by atoms with van der Waals surface area (Å²) in [5.74, 6) is 0. The van der Waals surface area contributed by atoms with E-state index in [-0.39, 0.29) is 13.8 Å². The van der Waals surface area contributed by atoms with Crippen LogP contribution in [0.25, 0.3) is 0 Å². The summed E-state index contributed by atoms with van der Waals surface area (Å²) in [7, 11) is 0. The van der Waals surface area contributed by atoms with Crippen LogP contribution in [0.5, 0.6) is 0 Å². The van der Waals surface area contributed by atoms with Gasteiger partial charge >= 0.3 is 1.43 Å². The molecular weight excluding hydrogens is 218 g/mol. The van der Waals surface area contributed by atoms with E-state index in [4.69, 9.17) is 0 Å². The predicted octanol–water partition coefficient (Wildman–Crippen LogP) is -0.111. The molecule has 0 aromatic heterocycles. The third-order valence-electron chi connectivity index (χ3n) is 3.88. The van der Waals surface area contributed by atoms with E-state index in [9.17, 15) is 0 Å². The van der Waals surface area contributed by atoms with Crippen molar-refractivity contribution in [2.75, 3.05) is 6.54 Å². The van der Waals surface area contributed by atoms with Crippen LogP contribution in [0.15, 0.2) is 12.1 Å². The van der Waals surface area contributed by atoms with Crippen molar-refractivity contribution in [2.45, 2.75) is 45.1 Å². The second kappa shape index (κ2) is 4.77. The summed E-state index contributed by atoms with van der Waals surface area (Å²) in [5.41, 5.74) is 6.46. The summed E-state index contributed by atoms with van der Waals surface area (Å²) in [6.07, 6.45) is 6.56. The van der Waals surface area contributed by atoms with Gasteiger partial charge in [0.15, 0.2) is 0 Å². The number of halogens is 1. The highest BCUT2D eigenvalue weighted by Gasteiger charge is 2.24. The lowest BCUT2D eigenvalue weighted by molar-refractivity contribution is -0.00000317. The smallest absolute Gasteiger partial charge is 1.00 e. The minimum absolute atomic E-state index is 0. The number of rotatable bonds is 2. The lowest BCUT2D eigenvalue weighted by Crippen LogP contribution is -3.00. The maximum absolute atomic E-state index is 3.59. The molecule has 0 amide bonds. The number of hydrogen-bond donors (Lipinski definition) is 1. The van der Waals surface area contributed by atoms with Gasteiger partial charge in [0, 0.05) is 6.04 Å². The number of nitrogens with one attached hydrogen (secondary N) is 1. The second-order valence-electron chi connectivity index (χ2n) is 4.82. The predicted molar refractivity (Wildman–Crippen MR) is 64.3 cm³/mol. The van der Waals surface area contributed by atoms with Gasteiger partial charge in [0.1, 0.15) is 0 Å². The molecule has 0 saturated heterocycles. The lowest BCUT2D eigenvalue weighted by atomic mass is 10.0. The van der Waals surface area contributed by atoms with Crippen LogP contribution in [0.3, 0.4) is 0 Å². The van der Waals surface area contributed by atoms with Crippen LogP contribution in [-0.4, -0.2) is 6.54 Å². The van der Waals surface area contributed by atoms with Gasteiger partial charge in [-0.1, -0.05) is 19.1 Å². The molecule has 1 nitrogen and oxygen atoms in total. The molecule has 2 aliphatic rings. The molecule has 0 fully saturated rings. The molecule has 0 spiro atoms. The van der Waals surface area contributed by atoms with Crippen molar-refractivity contribution < 1.29 is 13.8 Å². The van der Waals surface area contributed by atoms with Crippen LogP contribution < -0.4 is 17.7 Å². The number of hydrogen-bond acceptors (Lipinski definition) is 1. The van der Waals surface area contributed by atoms with Gasteiger partial charge in [0.2, 0.25) is 0 Å². The van der Waals surface area contributed by atoms with Crippen molar-refractivity contribution in [3.63, 3.8) is 0 Å². The van der Waals surface area contributed by atoms with Crippen molar-refractivity contribution in [1.29, 1.82) is 0 Å². The van der Waals surface area contributed by atoms with E-state index in [1.54, 1.807) is 22.3 Å². The molecule has 1 N–H and O–H groups in total. The van der Waals surface area contributed by atoms with Crippen LogP contribution in [-0.2, 0) is 19.3 Å². The maximum Gasteiger partial charge on any atom is 1.00 e. The van der Waals surface area contributed by atoms with Crippen molar-refractivity contribution in [3.8, 4) is 0 Å². The van der Waals surface area contributed by atoms with Crippen LogP contribution in [0.2, 0.25) is 0 Å². The van der Waals surface area contributed by atoms with E-state index >= 15 is 0 Å². The van der Waals surface area contributed by atoms with E-state index < -0.39 is 0 Å². The molecule has 1 aromatic carbocycles. The van der Waals surface area contributed by atoms with Crippen molar-refractivity contribution in [3.05, 3.63) is 34.4 Å². The Morgan fingerprint density at radius 2 is 1.94 bits per heavy atom. The Labute approximate surface area is 106 Å². The third kappa shape index (κ3) is 1.87. The molecule has 1 aromatic rings. The quantitative estimate of drug-likeness (QED) is 0.757. The Balaban J connectivity index is 0.000000722. The first-order chi connectivity index (χ1) is 7.38. The summed E-state index contributed by atoms with van der Waals surface area (Å²) >= 11 is 0. The first-order valence-corrected chi connectivity index (χ1v) is 6.26. The van der Waals surface area contributed by atoms with Crippen molar-refractivity contribution in [2.24, 2.45) is 0 Å². The standard InChI is InChI=1S/C14H19N.ClH/c1-2-15-14-7-6-12-8-10-4-3-5-11(10)9-13(12)14;/h8-9,14-15H,2-7H2,1H3;1H. The summed E-state index contributed by atoms with van der Waals surface area (Å²) < 4.78 is 0. The normalized spacial score (nSPS) is 21.4. The highest BCUT2D eigenvalue weighted by atomic mass is 35.5. The van der Waals surface area contributed by atoms with Crippen molar-refractivity contribution >= 4 is 0 Å². The van der Waals surface area contributed by atoms with Crippen LogP contribution >= 0.6 is 0 Å². The van der Waals surface area contributed by atoms with E-state index in [2.05, 4.69) is 24.4 Å². The van der Waals surface area contributed by atoms with Gasteiger partial charge in [-0.2, -0.15) is 0 Å². The van der Waals surface area contributed by atoms with E-state index in [0.717, 1.165) is 6.54 Å². The van der Waals surface area contributed by atoms with Gasteiger partial charge in [-0.05, 0) is 60.9 Å². The molecule has 2 aliphatic carbocycles. The zero-order valence-corrected chi connectivity index (χ0v) is 10.6. The van der Waals surface area contributed by atoms with Gasteiger partial charge in [-0.25, -0.2) is 0 Å². The Morgan fingerprint density at radius 1 is 1.19 bits per heavy atom. The molecule has 16 heavy (non-hydrogen) atoms. The van der Waals surface area contributed by atoms with Gasteiger partial charge in [0.25, 0.3) is 0 Å². The largest absolute Gasteiger partial charge is 1.00 e. The monoisotopic (exact) mass is 237 g/mol. The molecular formula is C14H20ClN. The summed E-state index contributed by atoms with van der Waals surface area (Å²) in [5, 5.41) is 3.59. The molecule has 2 heteroatoms. The Bertz CT molecular complexity index is 392. The Morgan fingerprint density at radius 3 is 2.69 bits per heavy atom. The topological polar surface area (TPSA) is 12.0 Å². The zero-order valence-electron chi connectivity index (χ0n) is 10.9. The van der Waals surface area contributed by atoms with Gasteiger partial charge in [-0.3, -0.25) is 0 Å². The van der Waals surface area contributed by atoms with Crippen LogP contribution in [0.4, 0.5) is 0 Å². The molecule has 1 atom stereocenters. The molecule has 0 radical (unpaired) electrons. The minimum Gasteiger partial charge on any atom is -1.00 e. The summed E-state index contributed by atoms with van der Waals surface area (Å²) in [6.45, 7) is 3.28. The second-order valence-corrected chi connectivity index (χ2v) is 4.82. The van der Waals surface area contributed by atoms with E-state index in [0.29, 0.717) is 6.04 Å². The van der Waals surface area contributed by atoms with Crippen molar-refractivity contribution in [1.82, 2.24) is 5.32 Å². The van der Waals surface area contributed by atoms with Crippen LogP contribution in [0.1, 0.15) is 49.5 Å². The van der Waals surface area contributed by atoms with E-state index in [1.165, 1.54) is 32.1 Å². The fourth-order valence-corrected chi connectivity index (χ4v) is 3.15. The van der Waals surface area contributed by atoms with Gasteiger partial charge < -0.3 is 17.7 Å². The fourth-order valence-electron chi connectivity index (χ4n) is 3.15. The summed E-state index contributed by atoms with van der Waals surface area (Å²) in [4.78, 5) is 0. The highest BCUT2D eigenvalue weighted by molar-refractivity contribution is 5.44. The highest BCUT2D eigenvalue weighted by Crippen LogP contribution is 2.35. The molecule has 0 heterocycles. The van der Waals surface area contributed by atoms with Gasteiger partial charge in [-0.15, -0.1) is 0 Å². The average Bonchev–Trinajstić information content (AvgIpc) is 2.82. The number of fused-ring (bicyclic) bond motifs is 2. The SMILES string of the molecule is CCNC1CCc2cc3c(cc21)CCC3.[Cl-].[H+]. The first kappa shape index (κ1) is 11.9. The molecule has 3 rings (SSSR count). The van der Waals surface area contributed by atoms with Gasteiger partial charge in [0.05, 0.1) is 0 Å². The molecule has 0 bridgehead atoms. The Kier molecular flexibility index (Phi) is 3.56. The third-order valence-corrected chi connectivity index (χ3v) is 3.88. The minimum atomic E-state index is 0. The molecule has 88 valence electrons. The fraction of sp³-hybridized carbons (Fsp3) is 0.571. The number of aryl methyl sites for hydroxylation is 3. The average molecular weight is 238 g/mol. The molecule has 1 unspecified atom stereocenters.